The topological polar surface area (TPSA) is 67.2 Å². The van der Waals surface area contributed by atoms with Gasteiger partial charge in [0.25, 0.3) is 5.91 Å². The quantitative estimate of drug-likeness (QED) is 0.915. The van der Waals surface area contributed by atoms with Crippen LogP contribution in [0.1, 0.15) is 56.2 Å². The lowest BCUT2D eigenvalue weighted by Gasteiger charge is -2.27. The molecule has 1 aromatic rings. The van der Waals surface area contributed by atoms with E-state index in [1.54, 1.807) is 4.68 Å². The average Bonchev–Trinajstić information content (AvgIpc) is 2.73. The van der Waals surface area contributed by atoms with E-state index >= 15 is 0 Å². The maximum Gasteiger partial charge on any atom is 0.272 e. The lowest BCUT2D eigenvalue weighted by Crippen LogP contribution is -2.42. The molecule has 2 saturated heterocycles. The molecule has 0 spiro atoms. The SMILES string of the molecule is CCn1nc(CC(C)C)cc1C(=O)N1C[C@@H]2CCC[C@@H](C1)C(=O)N2. The minimum Gasteiger partial charge on any atom is -0.351 e. The van der Waals surface area contributed by atoms with Gasteiger partial charge in [-0.2, -0.15) is 5.10 Å². The highest BCUT2D eigenvalue weighted by molar-refractivity contribution is 5.93. The smallest absolute Gasteiger partial charge is 0.272 e. The van der Waals surface area contributed by atoms with Crippen molar-refractivity contribution >= 4 is 11.8 Å². The molecule has 2 atom stereocenters. The summed E-state index contributed by atoms with van der Waals surface area (Å²) in [5.41, 5.74) is 1.62. The molecule has 24 heavy (non-hydrogen) atoms. The van der Waals surface area contributed by atoms with Gasteiger partial charge in [0, 0.05) is 25.7 Å². The zero-order valence-corrected chi connectivity index (χ0v) is 14.9. The fraction of sp³-hybridized carbons (Fsp3) is 0.722. The molecule has 0 aliphatic carbocycles. The Balaban J connectivity index is 1.83. The molecule has 6 nitrogen and oxygen atoms in total. The van der Waals surface area contributed by atoms with E-state index < -0.39 is 0 Å². The molecular weight excluding hydrogens is 304 g/mol. The van der Waals surface area contributed by atoms with E-state index in [1.807, 2.05) is 17.9 Å². The number of likely N-dealkylation sites (tertiary alicyclic amines) is 1. The molecule has 2 aliphatic heterocycles. The van der Waals surface area contributed by atoms with Crippen LogP contribution in [-0.4, -0.2) is 45.6 Å². The average molecular weight is 332 g/mol. The number of carbonyl (C=O) groups is 2. The van der Waals surface area contributed by atoms with E-state index in [-0.39, 0.29) is 23.8 Å². The zero-order valence-electron chi connectivity index (χ0n) is 14.9. The van der Waals surface area contributed by atoms with Crippen molar-refractivity contribution in [3.8, 4) is 0 Å². The molecular formula is C18H28N4O2. The van der Waals surface area contributed by atoms with Gasteiger partial charge in [-0.05, 0) is 38.2 Å². The summed E-state index contributed by atoms with van der Waals surface area (Å²) in [5, 5.41) is 7.66. The Bertz CT molecular complexity index is 623. The molecule has 132 valence electrons. The van der Waals surface area contributed by atoms with E-state index in [4.69, 9.17) is 0 Å². The third kappa shape index (κ3) is 3.47. The Kier molecular flexibility index (Phi) is 4.92. The Morgan fingerprint density at radius 1 is 1.38 bits per heavy atom. The van der Waals surface area contributed by atoms with Crippen LogP contribution in [0.15, 0.2) is 6.07 Å². The Hall–Kier alpha value is -1.85. The van der Waals surface area contributed by atoms with Crippen molar-refractivity contribution in [2.45, 2.75) is 59.0 Å². The Morgan fingerprint density at radius 3 is 2.88 bits per heavy atom. The zero-order chi connectivity index (χ0) is 17.3. The molecule has 6 heteroatoms. The number of nitrogens with one attached hydrogen (secondary N) is 1. The third-order valence-electron chi connectivity index (χ3n) is 4.96. The lowest BCUT2D eigenvalue weighted by molar-refractivity contribution is -0.124. The molecule has 0 saturated carbocycles. The summed E-state index contributed by atoms with van der Waals surface area (Å²) in [6, 6.07) is 2.02. The van der Waals surface area contributed by atoms with Gasteiger partial charge in [-0.1, -0.05) is 20.3 Å². The van der Waals surface area contributed by atoms with Gasteiger partial charge in [0.2, 0.25) is 5.91 Å². The molecule has 0 unspecified atom stereocenters. The number of nitrogens with zero attached hydrogens (tertiary/aromatic N) is 3. The first-order valence-electron chi connectivity index (χ1n) is 9.14. The predicted molar refractivity (Wildman–Crippen MR) is 91.6 cm³/mol. The van der Waals surface area contributed by atoms with Crippen LogP contribution in [-0.2, 0) is 17.8 Å². The minimum atomic E-state index is -0.0745. The minimum absolute atomic E-state index is 0.00718. The Morgan fingerprint density at radius 2 is 2.17 bits per heavy atom. The first kappa shape index (κ1) is 17.0. The molecule has 2 fully saturated rings. The maximum atomic E-state index is 13.1. The van der Waals surface area contributed by atoms with E-state index in [1.165, 1.54) is 0 Å². The standard InChI is InChI=1S/C18H28N4O2/c1-4-22-16(9-15(20-22)8-12(2)3)18(24)21-10-13-6-5-7-14(11-21)19-17(13)23/h9,12-14H,4-8,10-11H2,1-3H3,(H,19,23)/t13-,14-/m0/s1. The number of carbonyl (C=O) groups excluding carboxylic acids is 2. The molecule has 3 rings (SSSR count). The first-order chi connectivity index (χ1) is 11.5. The van der Waals surface area contributed by atoms with Crippen LogP contribution in [0.3, 0.4) is 0 Å². The summed E-state index contributed by atoms with van der Waals surface area (Å²) in [5.74, 6) is 0.548. The van der Waals surface area contributed by atoms with E-state index in [2.05, 4.69) is 24.3 Å². The number of fused-ring (bicyclic) bond motifs is 3. The van der Waals surface area contributed by atoms with Gasteiger partial charge in [0.05, 0.1) is 11.6 Å². The van der Waals surface area contributed by atoms with E-state index in [0.717, 1.165) is 31.4 Å². The summed E-state index contributed by atoms with van der Waals surface area (Å²) >= 11 is 0. The van der Waals surface area contributed by atoms with Gasteiger partial charge in [-0.3, -0.25) is 14.3 Å². The molecule has 0 radical (unpaired) electrons. The number of amides is 2. The number of aryl methyl sites for hydroxylation is 1. The number of hydrogen-bond acceptors (Lipinski definition) is 3. The van der Waals surface area contributed by atoms with Crippen molar-refractivity contribution < 1.29 is 9.59 Å². The van der Waals surface area contributed by atoms with Gasteiger partial charge in [-0.15, -0.1) is 0 Å². The molecule has 3 heterocycles. The first-order valence-corrected chi connectivity index (χ1v) is 9.14. The van der Waals surface area contributed by atoms with Crippen molar-refractivity contribution in [2.24, 2.45) is 11.8 Å². The van der Waals surface area contributed by atoms with Gasteiger partial charge in [0.15, 0.2) is 0 Å². The second-order valence-electron chi connectivity index (χ2n) is 7.48. The number of aromatic nitrogens is 2. The highest BCUT2D eigenvalue weighted by atomic mass is 16.2. The predicted octanol–water partition coefficient (Wildman–Crippen LogP) is 1.84. The molecule has 2 amide bonds. The molecule has 2 bridgehead atoms. The third-order valence-corrected chi connectivity index (χ3v) is 4.96. The summed E-state index contributed by atoms with van der Waals surface area (Å²) in [6.07, 6.45) is 3.76. The van der Waals surface area contributed by atoms with Crippen molar-refractivity contribution in [1.82, 2.24) is 20.0 Å². The van der Waals surface area contributed by atoms with Crippen LogP contribution in [0, 0.1) is 11.8 Å². The van der Waals surface area contributed by atoms with Gasteiger partial charge in [0.1, 0.15) is 5.69 Å². The van der Waals surface area contributed by atoms with Crippen LogP contribution in [0.25, 0.3) is 0 Å². The van der Waals surface area contributed by atoms with Crippen LogP contribution < -0.4 is 5.32 Å². The molecule has 0 aromatic carbocycles. The normalized spacial score (nSPS) is 24.0. The highest BCUT2D eigenvalue weighted by Crippen LogP contribution is 2.23. The lowest BCUT2D eigenvalue weighted by atomic mass is 9.99. The van der Waals surface area contributed by atoms with Gasteiger partial charge in [-0.25, -0.2) is 0 Å². The summed E-state index contributed by atoms with van der Waals surface area (Å²) < 4.78 is 1.80. The molecule has 2 aliphatic rings. The van der Waals surface area contributed by atoms with Crippen LogP contribution in [0.4, 0.5) is 0 Å². The van der Waals surface area contributed by atoms with Crippen LogP contribution >= 0.6 is 0 Å². The highest BCUT2D eigenvalue weighted by Gasteiger charge is 2.35. The maximum absolute atomic E-state index is 13.1. The van der Waals surface area contributed by atoms with Gasteiger partial charge >= 0.3 is 0 Å². The van der Waals surface area contributed by atoms with Crippen molar-refractivity contribution in [3.63, 3.8) is 0 Å². The summed E-state index contributed by atoms with van der Waals surface area (Å²) in [6.45, 7) is 8.12. The van der Waals surface area contributed by atoms with E-state index in [0.29, 0.717) is 31.2 Å². The molecule has 1 aromatic heterocycles. The second kappa shape index (κ2) is 6.95. The number of rotatable bonds is 4. The van der Waals surface area contributed by atoms with Crippen LogP contribution in [0.5, 0.6) is 0 Å². The fourth-order valence-electron chi connectivity index (χ4n) is 3.78. The largest absolute Gasteiger partial charge is 0.351 e. The Labute approximate surface area is 143 Å². The van der Waals surface area contributed by atoms with Crippen LogP contribution in [0.2, 0.25) is 0 Å². The van der Waals surface area contributed by atoms with Gasteiger partial charge < -0.3 is 10.2 Å². The van der Waals surface area contributed by atoms with Crippen molar-refractivity contribution in [2.75, 3.05) is 13.1 Å². The summed E-state index contributed by atoms with van der Waals surface area (Å²) in [7, 11) is 0. The van der Waals surface area contributed by atoms with Crippen molar-refractivity contribution in [3.05, 3.63) is 17.5 Å². The summed E-state index contributed by atoms with van der Waals surface area (Å²) in [4.78, 5) is 27.1. The monoisotopic (exact) mass is 332 g/mol. The second-order valence-corrected chi connectivity index (χ2v) is 7.48. The fourth-order valence-corrected chi connectivity index (χ4v) is 3.78. The van der Waals surface area contributed by atoms with E-state index in [9.17, 15) is 9.59 Å². The number of hydrogen-bond donors (Lipinski definition) is 1. The molecule has 1 N–H and O–H groups in total. The van der Waals surface area contributed by atoms with Crippen molar-refractivity contribution in [1.29, 1.82) is 0 Å².